The molecule has 0 fully saturated rings. The molecule has 0 aliphatic carbocycles. The van der Waals surface area contributed by atoms with Crippen LogP contribution in [0.3, 0.4) is 0 Å². The summed E-state index contributed by atoms with van der Waals surface area (Å²) in [6.07, 6.45) is 1.59. The van der Waals surface area contributed by atoms with Crippen molar-refractivity contribution in [3.8, 4) is 11.3 Å². The third kappa shape index (κ3) is 2.98. The Hall–Kier alpha value is -2.30. The molecule has 1 aromatic carbocycles. The Morgan fingerprint density at radius 1 is 1.18 bits per heavy atom. The third-order valence-electron chi connectivity index (χ3n) is 3.60. The van der Waals surface area contributed by atoms with E-state index in [0.717, 1.165) is 23.5 Å². The van der Waals surface area contributed by atoms with Crippen LogP contribution in [0.25, 0.3) is 11.3 Å². The van der Waals surface area contributed by atoms with E-state index < -0.39 is 5.60 Å². The number of rotatable bonds is 1. The molecular weight excluding hydrogens is 278 g/mol. The molecule has 0 unspecified atom stereocenters. The maximum Gasteiger partial charge on any atom is 0.410 e. The van der Waals surface area contributed by atoms with Crippen LogP contribution >= 0.6 is 0 Å². The van der Waals surface area contributed by atoms with Crippen molar-refractivity contribution in [1.29, 1.82) is 0 Å². The lowest BCUT2D eigenvalue weighted by atomic mass is 10.1. The molecule has 2 aromatic rings. The highest BCUT2D eigenvalue weighted by molar-refractivity contribution is 5.69. The van der Waals surface area contributed by atoms with Gasteiger partial charge in [-0.3, -0.25) is 0 Å². The summed E-state index contributed by atoms with van der Waals surface area (Å²) in [6, 6.07) is 10.1. The van der Waals surface area contributed by atoms with Gasteiger partial charge in [-0.05, 0) is 20.8 Å². The number of amides is 1. The molecule has 2 heterocycles. The van der Waals surface area contributed by atoms with Crippen LogP contribution in [0.5, 0.6) is 0 Å². The number of hydrogen-bond donors (Lipinski definition) is 0. The van der Waals surface area contributed by atoms with E-state index in [4.69, 9.17) is 4.74 Å². The molecule has 0 radical (unpaired) electrons. The lowest BCUT2D eigenvalue weighted by molar-refractivity contribution is 0.0199. The van der Waals surface area contributed by atoms with Crippen molar-refractivity contribution in [3.63, 3.8) is 0 Å². The summed E-state index contributed by atoms with van der Waals surface area (Å²) in [5, 5.41) is 0. The lowest BCUT2D eigenvalue weighted by Crippen LogP contribution is -2.41. The first-order valence-electron chi connectivity index (χ1n) is 7.51. The number of fused-ring (bicyclic) bond motifs is 1. The number of nitrogens with zero attached hydrogens (tertiary/aromatic N) is 3. The molecule has 0 saturated heterocycles. The summed E-state index contributed by atoms with van der Waals surface area (Å²) in [6.45, 7) is 7.57. The number of carbonyl (C=O) groups is 1. The number of aromatic nitrogens is 2. The predicted octanol–water partition coefficient (Wildman–Crippen LogP) is 3.30. The van der Waals surface area contributed by atoms with Gasteiger partial charge in [0.05, 0.1) is 24.3 Å². The molecule has 5 nitrogen and oxygen atoms in total. The van der Waals surface area contributed by atoms with E-state index in [1.165, 1.54) is 0 Å². The molecule has 3 rings (SSSR count). The Kier molecular flexibility index (Phi) is 3.64. The van der Waals surface area contributed by atoms with E-state index in [1.54, 1.807) is 4.90 Å². The summed E-state index contributed by atoms with van der Waals surface area (Å²) in [7, 11) is 0. The average molecular weight is 299 g/mol. The normalized spacial score (nSPS) is 14.6. The molecule has 0 spiro atoms. The molecule has 0 bridgehead atoms. The second-order valence-corrected chi connectivity index (χ2v) is 6.50. The van der Waals surface area contributed by atoms with Gasteiger partial charge in [0.25, 0.3) is 0 Å². The van der Waals surface area contributed by atoms with Crippen molar-refractivity contribution in [1.82, 2.24) is 14.5 Å². The number of ether oxygens (including phenoxy) is 1. The molecule has 5 heteroatoms. The molecular formula is C17H21N3O2. The maximum atomic E-state index is 12.3. The van der Waals surface area contributed by atoms with Gasteiger partial charge in [0.1, 0.15) is 5.60 Å². The van der Waals surface area contributed by atoms with Gasteiger partial charge >= 0.3 is 6.09 Å². The van der Waals surface area contributed by atoms with Gasteiger partial charge < -0.3 is 14.2 Å². The molecule has 1 aromatic heterocycles. The van der Waals surface area contributed by atoms with Gasteiger partial charge in [0.15, 0.2) is 0 Å². The quantitative estimate of drug-likeness (QED) is 0.811. The van der Waals surface area contributed by atoms with Gasteiger partial charge in [-0.1, -0.05) is 30.3 Å². The first-order valence-corrected chi connectivity index (χ1v) is 7.51. The zero-order chi connectivity index (χ0) is 15.7. The number of hydrogen-bond acceptors (Lipinski definition) is 3. The Labute approximate surface area is 130 Å². The number of imidazole rings is 1. The summed E-state index contributed by atoms with van der Waals surface area (Å²) < 4.78 is 7.59. The van der Waals surface area contributed by atoms with Crippen molar-refractivity contribution in [2.24, 2.45) is 0 Å². The Morgan fingerprint density at radius 3 is 2.59 bits per heavy atom. The Bertz CT molecular complexity index is 671. The smallest absolute Gasteiger partial charge is 0.410 e. The second-order valence-electron chi connectivity index (χ2n) is 6.50. The molecule has 0 atom stereocenters. The topological polar surface area (TPSA) is 47.4 Å². The zero-order valence-electron chi connectivity index (χ0n) is 13.2. The van der Waals surface area contributed by atoms with Crippen LogP contribution in [0.4, 0.5) is 4.79 Å². The standard InChI is InChI=1S/C17H21N3O2/c1-17(2,3)22-16(21)19-9-10-20-12-18-15(14(20)11-19)13-7-5-4-6-8-13/h4-8,12H,9-11H2,1-3H3. The average Bonchev–Trinajstić information content (AvgIpc) is 2.89. The van der Waals surface area contributed by atoms with Crippen molar-refractivity contribution >= 4 is 6.09 Å². The summed E-state index contributed by atoms with van der Waals surface area (Å²) in [5.74, 6) is 0. The number of benzene rings is 1. The molecule has 1 aliphatic rings. The van der Waals surface area contributed by atoms with E-state index in [-0.39, 0.29) is 6.09 Å². The first kappa shape index (κ1) is 14.6. The minimum absolute atomic E-state index is 0.265. The molecule has 22 heavy (non-hydrogen) atoms. The van der Waals surface area contributed by atoms with Crippen LogP contribution in [0, 0.1) is 0 Å². The van der Waals surface area contributed by atoms with E-state index in [2.05, 4.69) is 9.55 Å². The first-order chi connectivity index (χ1) is 10.4. The fraction of sp³-hybridized carbons (Fsp3) is 0.412. The fourth-order valence-corrected chi connectivity index (χ4v) is 2.57. The van der Waals surface area contributed by atoms with E-state index in [1.807, 2.05) is 57.4 Å². The largest absolute Gasteiger partial charge is 0.444 e. The minimum atomic E-state index is -0.475. The van der Waals surface area contributed by atoms with E-state index >= 15 is 0 Å². The van der Waals surface area contributed by atoms with Crippen LogP contribution in [0.15, 0.2) is 36.7 Å². The molecule has 0 N–H and O–H groups in total. The number of carbonyl (C=O) groups excluding carboxylic acids is 1. The monoisotopic (exact) mass is 299 g/mol. The van der Waals surface area contributed by atoms with Crippen LogP contribution in [-0.2, 0) is 17.8 Å². The van der Waals surface area contributed by atoms with Crippen molar-refractivity contribution < 1.29 is 9.53 Å². The maximum absolute atomic E-state index is 12.3. The SMILES string of the molecule is CC(C)(C)OC(=O)N1CCn2cnc(-c3ccccc3)c2C1. The molecule has 0 saturated carbocycles. The second kappa shape index (κ2) is 5.48. The fourth-order valence-electron chi connectivity index (χ4n) is 2.57. The Morgan fingerprint density at radius 2 is 1.91 bits per heavy atom. The van der Waals surface area contributed by atoms with Crippen LogP contribution in [0.2, 0.25) is 0 Å². The van der Waals surface area contributed by atoms with Gasteiger partial charge in [-0.15, -0.1) is 0 Å². The molecule has 1 amide bonds. The van der Waals surface area contributed by atoms with E-state index in [0.29, 0.717) is 13.1 Å². The van der Waals surface area contributed by atoms with Crippen LogP contribution < -0.4 is 0 Å². The highest BCUT2D eigenvalue weighted by Crippen LogP contribution is 2.26. The van der Waals surface area contributed by atoms with Crippen LogP contribution in [0.1, 0.15) is 26.5 Å². The lowest BCUT2D eigenvalue weighted by Gasteiger charge is -2.31. The summed E-state index contributed by atoms with van der Waals surface area (Å²) >= 11 is 0. The van der Waals surface area contributed by atoms with Gasteiger partial charge in [-0.25, -0.2) is 9.78 Å². The molecule has 116 valence electrons. The summed E-state index contributed by atoms with van der Waals surface area (Å²) in [4.78, 5) is 18.5. The van der Waals surface area contributed by atoms with Crippen molar-refractivity contribution in [2.45, 2.75) is 39.5 Å². The third-order valence-corrected chi connectivity index (χ3v) is 3.60. The minimum Gasteiger partial charge on any atom is -0.444 e. The van der Waals surface area contributed by atoms with Gasteiger partial charge in [0, 0.05) is 18.7 Å². The van der Waals surface area contributed by atoms with Gasteiger partial charge in [0.2, 0.25) is 0 Å². The highest BCUT2D eigenvalue weighted by Gasteiger charge is 2.27. The van der Waals surface area contributed by atoms with Crippen LogP contribution in [-0.4, -0.2) is 32.7 Å². The van der Waals surface area contributed by atoms with Crippen molar-refractivity contribution in [3.05, 3.63) is 42.4 Å². The molecule has 1 aliphatic heterocycles. The Balaban J connectivity index is 1.83. The summed E-state index contributed by atoms with van der Waals surface area (Å²) in [5.41, 5.74) is 2.59. The van der Waals surface area contributed by atoms with Crippen molar-refractivity contribution in [2.75, 3.05) is 6.54 Å². The predicted molar refractivity (Wildman–Crippen MR) is 84.3 cm³/mol. The zero-order valence-corrected chi connectivity index (χ0v) is 13.2. The highest BCUT2D eigenvalue weighted by atomic mass is 16.6. The van der Waals surface area contributed by atoms with E-state index in [9.17, 15) is 4.79 Å². The van der Waals surface area contributed by atoms with Gasteiger partial charge in [-0.2, -0.15) is 0 Å².